The molecule has 0 bridgehead atoms. The van der Waals surface area contributed by atoms with Crippen molar-refractivity contribution in [2.24, 2.45) is 20.5 Å². The number of phenols is 2. The molecule has 0 fully saturated rings. The Labute approximate surface area is 401 Å². The Kier molecular flexibility index (Phi) is 12.9. The highest BCUT2D eigenvalue weighted by atomic mass is 16.3. The number of phenolic OH excluding ortho intramolecular Hbond substituents is 2. The van der Waals surface area contributed by atoms with Crippen molar-refractivity contribution < 1.29 is 29.4 Å². The van der Waals surface area contributed by atoms with Crippen LogP contribution in [0.15, 0.2) is 202 Å². The zero-order valence-electron chi connectivity index (χ0n) is 37.6. The number of aromatic hydroxyl groups is 2. The van der Waals surface area contributed by atoms with Gasteiger partial charge in [0.2, 0.25) is 0 Å². The molecule has 9 aromatic carbocycles. The maximum Gasteiger partial charge on any atom is 0.259 e. The van der Waals surface area contributed by atoms with Gasteiger partial charge in [0.1, 0.15) is 11.4 Å². The molecule has 0 aliphatic rings. The van der Waals surface area contributed by atoms with Gasteiger partial charge in [-0.05, 0) is 115 Å². The predicted octanol–water partition coefficient (Wildman–Crippen LogP) is 13.9. The Morgan fingerprint density at radius 1 is 0.371 bits per heavy atom. The average molecular weight is 923 g/mol. The van der Waals surface area contributed by atoms with E-state index in [4.69, 9.17) is 0 Å². The van der Waals surface area contributed by atoms with Crippen molar-refractivity contribution in [1.29, 1.82) is 0 Å². The Balaban J connectivity index is 0.945. The number of carbonyl (C=O) groups is 4. The van der Waals surface area contributed by atoms with Gasteiger partial charge in [-0.3, -0.25) is 19.2 Å². The van der Waals surface area contributed by atoms with E-state index in [1.807, 2.05) is 50.2 Å². The van der Waals surface area contributed by atoms with Gasteiger partial charge in [0.15, 0.2) is 11.5 Å². The first kappa shape index (κ1) is 45.3. The molecule has 0 aliphatic carbocycles. The van der Waals surface area contributed by atoms with Crippen LogP contribution in [0, 0.1) is 13.8 Å². The van der Waals surface area contributed by atoms with Gasteiger partial charge in [0, 0.05) is 44.6 Å². The summed E-state index contributed by atoms with van der Waals surface area (Å²) in [5, 5.41) is 54.6. The summed E-state index contributed by atoms with van der Waals surface area (Å²) in [6.07, 6.45) is 0. The van der Waals surface area contributed by atoms with E-state index in [1.54, 1.807) is 140 Å². The molecule has 0 heterocycles. The molecular formula is C56H42N8O6. The van der Waals surface area contributed by atoms with Crippen LogP contribution in [0.25, 0.3) is 21.5 Å². The minimum absolute atomic E-state index is 0.0480. The molecule has 14 nitrogen and oxygen atoms in total. The van der Waals surface area contributed by atoms with E-state index in [-0.39, 0.29) is 45.7 Å². The van der Waals surface area contributed by atoms with Crippen molar-refractivity contribution >= 4 is 90.7 Å². The minimum Gasteiger partial charge on any atom is -0.505 e. The van der Waals surface area contributed by atoms with Crippen LogP contribution in [-0.2, 0) is 0 Å². The molecule has 6 N–H and O–H groups in total. The average Bonchev–Trinajstić information content (AvgIpc) is 3.37. The summed E-state index contributed by atoms with van der Waals surface area (Å²) < 4.78 is 0. The molecule has 0 unspecified atom stereocenters. The normalized spacial score (nSPS) is 11.2. The highest BCUT2D eigenvalue weighted by Crippen LogP contribution is 2.42. The Morgan fingerprint density at radius 3 is 1.17 bits per heavy atom. The fraction of sp³-hybridized carbons (Fsp3) is 0.0357. The Morgan fingerprint density at radius 2 is 0.743 bits per heavy atom. The summed E-state index contributed by atoms with van der Waals surface area (Å²) in [4.78, 5) is 54.1. The smallest absolute Gasteiger partial charge is 0.259 e. The third kappa shape index (κ3) is 9.96. The zero-order chi connectivity index (χ0) is 48.7. The SMILES string of the molecule is Cc1ccc(C(=O)Nc2ccccc2)cc1N=Nc1c(O)c(C(=O)Nc2cccc(NC(=O)c3cc4ccccc4c(N=Nc4cc(C(=O)Nc5ccccc5)ccc4C)c3O)c2)cc2ccccc12. The van der Waals surface area contributed by atoms with Crippen molar-refractivity contribution in [3.05, 3.63) is 215 Å². The minimum atomic E-state index is -0.668. The highest BCUT2D eigenvalue weighted by molar-refractivity contribution is 6.14. The summed E-state index contributed by atoms with van der Waals surface area (Å²) in [5.74, 6) is -2.84. The molecule has 14 heteroatoms. The van der Waals surface area contributed by atoms with E-state index < -0.39 is 23.3 Å². The number of fused-ring (bicyclic) bond motifs is 2. The van der Waals surface area contributed by atoms with Crippen molar-refractivity contribution in [1.82, 2.24) is 0 Å². The standard InChI is InChI=1S/C56H42N8O6/c1-33-24-26-37(53(67)57-39-16-5-3-6-17-39)30-47(33)61-63-49-43-22-11-9-14-35(43)28-45(51(49)65)55(69)59-41-20-13-21-42(32-41)60-56(70)46-29-36-15-10-12-23-44(36)50(52(46)66)64-62-48-31-38(27-25-34(48)2)54(68)58-40-18-7-4-8-19-40/h3-32,65-66H,1-2H3,(H,57,67)(H,58,68)(H,59,69)(H,60,70). The lowest BCUT2D eigenvalue weighted by Gasteiger charge is -2.13. The van der Waals surface area contributed by atoms with Crippen LogP contribution in [0.3, 0.4) is 0 Å². The number of hydrogen-bond acceptors (Lipinski definition) is 10. The van der Waals surface area contributed by atoms with Crippen LogP contribution in [0.1, 0.15) is 52.6 Å². The molecular weight excluding hydrogens is 881 g/mol. The van der Waals surface area contributed by atoms with Gasteiger partial charge in [-0.2, -0.15) is 10.2 Å². The lowest BCUT2D eigenvalue weighted by Crippen LogP contribution is -2.14. The molecule has 4 amide bonds. The van der Waals surface area contributed by atoms with Gasteiger partial charge in [0.25, 0.3) is 23.6 Å². The number of nitrogens with one attached hydrogen (secondary N) is 4. The molecule has 0 saturated heterocycles. The van der Waals surface area contributed by atoms with Crippen LogP contribution < -0.4 is 21.3 Å². The van der Waals surface area contributed by atoms with Crippen molar-refractivity contribution in [3.8, 4) is 11.5 Å². The van der Waals surface area contributed by atoms with Gasteiger partial charge in [-0.25, -0.2) is 0 Å². The van der Waals surface area contributed by atoms with Gasteiger partial charge >= 0.3 is 0 Å². The molecule has 342 valence electrons. The van der Waals surface area contributed by atoms with Gasteiger partial charge in [-0.1, -0.05) is 103 Å². The fourth-order valence-corrected chi connectivity index (χ4v) is 7.63. The monoisotopic (exact) mass is 922 g/mol. The number of anilines is 4. The van der Waals surface area contributed by atoms with Crippen molar-refractivity contribution in [2.75, 3.05) is 21.3 Å². The third-order valence-electron chi connectivity index (χ3n) is 11.4. The quantitative estimate of drug-likeness (QED) is 0.0657. The number of hydrogen-bond donors (Lipinski definition) is 6. The number of rotatable bonds is 12. The molecule has 0 atom stereocenters. The number of carbonyl (C=O) groups excluding carboxylic acids is 4. The summed E-state index contributed by atoms with van der Waals surface area (Å²) >= 11 is 0. The number of para-hydroxylation sites is 2. The molecule has 0 spiro atoms. The van der Waals surface area contributed by atoms with Gasteiger partial charge in [-0.15, -0.1) is 10.2 Å². The highest BCUT2D eigenvalue weighted by Gasteiger charge is 2.22. The van der Waals surface area contributed by atoms with Gasteiger partial charge in [0.05, 0.1) is 22.5 Å². The first-order valence-electron chi connectivity index (χ1n) is 22.0. The number of nitrogens with zero attached hydrogens (tertiary/aromatic N) is 4. The number of benzene rings is 9. The van der Waals surface area contributed by atoms with E-state index in [2.05, 4.69) is 41.7 Å². The Bertz CT molecular complexity index is 3350. The maximum atomic E-state index is 14.0. The largest absolute Gasteiger partial charge is 0.505 e. The summed E-state index contributed by atoms with van der Waals surface area (Å²) in [6.45, 7) is 3.64. The summed E-state index contributed by atoms with van der Waals surface area (Å²) in [6, 6.07) is 51.9. The fourth-order valence-electron chi connectivity index (χ4n) is 7.63. The molecule has 0 aliphatic heterocycles. The van der Waals surface area contributed by atoms with Crippen LogP contribution in [0.4, 0.5) is 45.5 Å². The number of azo groups is 2. The lowest BCUT2D eigenvalue weighted by atomic mass is 10.0. The predicted molar refractivity (Wildman–Crippen MR) is 273 cm³/mol. The first-order valence-corrected chi connectivity index (χ1v) is 22.0. The van der Waals surface area contributed by atoms with Crippen LogP contribution in [0.5, 0.6) is 11.5 Å². The van der Waals surface area contributed by atoms with Crippen molar-refractivity contribution in [2.45, 2.75) is 13.8 Å². The van der Waals surface area contributed by atoms with Crippen LogP contribution in [0.2, 0.25) is 0 Å². The number of amides is 4. The second-order valence-electron chi connectivity index (χ2n) is 16.2. The van der Waals surface area contributed by atoms with Crippen LogP contribution >= 0.6 is 0 Å². The molecule has 0 radical (unpaired) electrons. The topological polar surface area (TPSA) is 206 Å². The third-order valence-corrected chi connectivity index (χ3v) is 11.4. The lowest BCUT2D eigenvalue weighted by molar-refractivity contribution is 0.101. The molecule has 0 saturated carbocycles. The molecule has 9 aromatic rings. The van der Waals surface area contributed by atoms with E-state index in [0.29, 0.717) is 55.4 Å². The molecule has 70 heavy (non-hydrogen) atoms. The van der Waals surface area contributed by atoms with E-state index >= 15 is 0 Å². The Hall–Kier alpha value is -9.82. The molecule has 0 aromatic heterocycles. The maximum absolute atomic E-state index is 14.0. The summed E-state index contributed by atoms with van der Waals surface area (Å²) in [5.41, 5.74) is 4.70. The van der Waals surface area contributed by atoms with E-state index in [1.165, 1.54) is 6.07 Å². The van der Waals surface area contributed by atoms with E-state index in [0.717, 1.165) is 11.1 Å². The van der Waals surface area contributed by atoms with E-state index in [9.17, 15) is 29.4 Å². The van der Waals surface area contributed by atoms with Crippen molar-refractivity contribution in [3.63, 3.8) is 0 Å². The second kappa shape index (κ2) is 20.0. The number of aryl methyl sites for hydroxylation is 2. The second-order valence-corrected chi connectivity index (χ2v) is 16.2. The summed E-state index contributed by atoms with van der Waals surface area (Å²) in [7, 11) is 0. The van der Waals surface area contributed by atoms with Crippen LogP contribution in [-0.4, -0.2) is 33.8 Å². The zero-order valence-corrected chi connectivity index (χ0v) is 37.6. The molecule has 9 rings (SSSR count). The van der Waals surface area contributed by atoms with Gasteiger partial charge < -0.3 is 31.5 Å². The first-order chi connectivity index (χ1) is 34.0.